The van der Waals surface area contributed by atoms with Gasteiger partial charge in [-0.1, -0.05) is 13.0 Å². The normalized spacial score (nSPS) is 18.8. The maximum Gasteiger partial charge on any atom is 0.416 e. The third-order valence-corrected chi connectivity index (χ3v) is 4.70. The number of rotatable bonds is 6. The zero-order valence-electron chi connectivity index (χ0n) is 15.5. The molecule has 0 spiro atoms. The highest BCUT2D eigenvalue weighted by molar-refractivity contribution is 5.79. The molecule has 2 rings (SSSR count). The lowest BCUT2D eigenvalue weighted by atomic mass is 10.1. The number of hydrogen-bond donors (Lipinski definition) is 2. The van der Waals surface area contributed by atoms with Crippen molar-refractivity contribution in [3.05, 3.63) is 29.3 Å². The van der Waals surface area contributed by atoms with Gasteiger partial charge >= 0.3 is 6.18 Å². The third-order valence-electron chi connectivity index (χ3n) is 4.70. The SMILES string of the molecule is CCN1CCCC1CNC(=NC)NCc1ccc(OC)cc1C(F)(F)F. The van der Waals surface area contributed by atoms with Gasteiger partial charge in [0.15, 0.2) is 5.96 Å². The number of aliphatic imine (C=N–C) groups is 1. The van der Waals surface area contributed by atoms with Crippen LogP contribution >= 0.6 is 0 Å². The van der Waals surface area contributed by atoms with Gasteiger partial charge in [-0.2, -0.15) is 13.2 Å². The molecular weight excluding hydrogens is 345 g/mol. The van der Waals surface area contributed by atoms with Gasteiger partial charge in [-0.3, -0.25) is 9.89 Å². The van der Waals surface area contributed by atoms with E-state index in [-0.39, 0.29) is 17.9 Å². The summed E-state index contributed by atoms with van der Waals surface area (Å²) in [5.41, 5.74) is -0.551. The standard InChI is InChI=1S/C18H27F3N4O/c1-4-25-9-5-6-14(25)12-24-17(22-2)23-11-13-7-8-15(26-3)10-16(13)18(19,20)21/h7-8,10,14H,4-6,9,11-12H2,1-3H3,(H2,22,23,24). The van der Waals surface area contributed by atoms with Gasteiger partial charge in [-0.25, -0.2) is 0 Å². The van der Waals surface area contributed by atoms with Crippen LogP contribution in [0.15, 0.2) is 23.2 Å². The molecule has 1 unspecified atom stereocenters. The smallest absolute Gasteiger partial charge is 0.416 e. The molecule has 8 heteroatoms. The summed E-state index contributed by atoms with van der Waals surface area (Å²) in [6, 6.07) is 4.41. The summed E-state index contributed by atoms with van der Waals surface area (Å²) >= 11 is 0. The molecule has 1 aromatic rings. The summed E-state index contributed by atoms with van der Waals surface area (Å²) in [4.78, 5) is 6.50. The number of guanidine groups is 1. The molecule has 1 saturated heterocycles. The molecule has 146 valence electrons. The van der Waals surface area contributed by atoms with Crippen LogP contribution in [0.25, 0.3) is 0 Å². The van der Waals surface area contributed by atoms with Gasteiger partial charge in [0.25, 0.3) is 0 Å². The Balaban J connectivity index is 1.98. The van der Waals surface area contributed by atoms with Crippen LogP contribution in [0, 0.1) is 0 Å². The van der Waals surface area contributed by atoms with Gasteiger partial charge in [0, 0.05) is 26.2 Å². The number of methoxy groups -OCH3 is 1. The Bertz CT molecular complexity index is 619. The molecule has 2 N–H and O–H groups in total. The van der Waals surface area contributed by atoms with Crippen LogP contribution in [0.1, 0.15) is 30.9 Å². The number of benzene rings is 1. The highest BCUT2D eigenvalue weighted by Crippen LogP contribution is 2.34. The predicted octanol–water partition coefficient (Wildman–Crippen LogP) is 2.86. The molecular formula is C18H27F3N4O. The lowest BCUT2D eigenvalue weighted by Gasteiger charge is -2.24. The highest BCUT2D eigenvalue weighted by Gasteiger charge is 2.33. The molecule has 1 aliphatic rings. The molecule has 0 amide bonds. The lowest BCUT2D eigenvalue weighted by molar-refractivity contribution is -0.138. The molecule has 1 aliphatic heterocycles. The Morgan fingerprint density at radius 3 is 2.73 bits per heavy atom. The van der Waals surface area contributed by atoms with Gasteiger partial charge in [0.1, 0.15) is 5.75 Å². The molecule has 1 aromatic carbocycles. The molecule has 0 aliphatic carbocycles. The fourth-order valence-corrected chi connectivity index (χ4v) is 3.26. The number of hydrogen-bond acceptors (Lipinski definition) is 3. The Morgan fingerprint density at radius 2 is 2.12 bits per heavy atom. The van der Waals surface area contributed by atoms with Crippen molar-refractivity contribution in [1.29, 1.82) is 0 Å². The van der Waals surface area contributed by atoms with Crippen LogP contribution in [-0.4, -0.2) is 50.7 Å². The van der Waals surface area contributed by atoms with E-state index in [1.54, 1.807) is 7.05 Å². The topological polar surface area (TPSA) is 48.9 Å². The number of nitrogens with one attached hydrogen (secondary N) is 2. The largest absolute Gasteiger partial charge is 0.497 e. The second-order valence-corrected chi connectivity index (χ2v) is 6.25. The molecule has 0 bridgehead atoms. The summed E-state index contributed by atoms with van der Waals surface area (Å²) in [7, 11) is 2.96. The van der Waals surface area contributed by atoms with Crippen LogP contribution in [0.3, 0.4) is 0 Å². The van der Waals surface area contributed by atoms with Crippen molar-refractivity contribution in [3.8, 4) is 5.75 Å². The Kier molecular flexibility index (Phi) is 7.14. The number of likely N-dealkylation sites (tertiary alicyclic amines) is 1. The quantitative estimate of drug-likeness (QED) is 0.596. The summed E-state index contributed by atoms with van der Waals surface area (Å²) in [6.45, 7) is 4.98. The summed E-state index contributed by atoms with van der Waals surface area (Å²) in [6.07, 6.45) is -2.14. The van der Waals surface area contributed by atoms with E-state index < -0.39 is 11.7 Å². The van der Waals surface area contributed by atoms with E-state index in [4.69, 9.17) is 4.74 Å². The van der Waals surface area contributed by atoms with Crippen molar-refractivity contribution in [2.24, 2.45) is 4.99 Å². The molecule has 1 fully saturated rings. The van der Waals surface area contributed by atoms with Crippen molar-refractivity contribution in [2.75, 3.05) is 33.8 Å². The zero-order valence-corrected chi connectivity index (χ0v) is 15.5. The first kappa shape index (κ1) is 20.4. The highest BCUT2D eigenvalue weighted by atomic mass is 19.4. The monoisotopic (exact) mass is 372 g/mol. The van der Waals surface area contributed by atoms with E-state index in [2.05, 4.69) is 27.4 Å². The lowest BCUT2D eigenvalue weighted by Crippen LogP contribution is -2.44. The van der Waals surface area contributed by atoms with Crippen molar-refractivity contribution >= 4 is 5.96 Å². The molecule has 0 aromatic heterocycles. The first-order valence-electron chi connectivity index (χ1n) is 8.81. The van der Waals surface area contributed by atoms with Crippen LogP contribution in [-0.2, 0) is 12.7 Å². The van der Waals surface area contributed by atoms with Crippen LogP contribution in [0.5, 0.6) is 5.75 Å². The molecule has 1 heterocycles. The van der Waals surface area contributed by atoms with E-state index >= 15 is 0 Å². The summed E-state index contributed by atoms with van der Waals surface area (Å²) < 4.78 is 44.7. The third kappa shape index (κ3) is 5.27. The Labute approximate surface area is 152 Å². The van der Waals surface area contributed by atoms with Crippen molar-refractivity contribution < 1.29 is 17.9 Å². The summed E-state index contributed by atoms with van der Waals surface area (Å²) in [5.74, 6) is 0.682. The maximum absolute atomic E-state index is 13.3. The number of ether oxygens (including phenoxy) is 1. The van der Waals surface area contributed by atoms with Gasteiger partial charge < -0.3 is 15.4 Å². The van der Waals surface area contributed by atoms with E-state index in [1.165, 1.54) is 25.7 Å². The Morgan fingerprint density at radius 1 is 1.35 bits per heavy atom. The van der Waals surface area contributed by atoms with Crippen molar-refractivity contribution in [3.63, 3.8) is 0 Å². The van der Waals surface area contributed by atoms with Gasteiger partial charge in [0.05, 0.1) is 12.7 Å². The fourth-order valence-electron chi connectivity index (χ4n) is 3.26. The summed E-state index contributed by atoms with van der Waals surface area (Å²) in [5, 5.41) is 6.19. The molecule has 0 radical (unpaired) electrons. The second kappa shape index (κ2) is 9.12. The van der Waals surface area contributed by atoms with Crippen molar-refractivity contribution in [2.45, 2.75) is 38.5 Å². The van der Waals surface area contributed by atoms with Crippen LogP contribution in [0.4, 0.5) is 13.2 Å². The second-order valence-electron chi connectivity index (χ2n) is 6.25. The molecule has 26 heavy (non-hydrogen) atoms. The van der Waals surface area contributed by atoms with Gasteiger partial charge in [-0.05, 0) is 43.6 Å². The minimum atomic E-state index is -4.44. The minimum absolute atomic E-state index is 0.0284. The number of nitrogens with zero attached hydrogens (tertiary/aromatic N) is 2. The number of likely N-dealkylation sites (N-methyl/N-ethyl adjacent to an activating group) is 1. The Hall–Kier alpha value is -1.96. The van der Waals surface area contributed by atoms with Gasteiger partial charge in [0.2, 0.25) is 0 Å². The number of alkyl halides is 3. The molecule has 1 atom stereocenters. The molecule has 0 saturated carbocycles. The average molecular weight is 372 g/mol. The van der Waals surface area contributed by atoms with Crippen LogP contribution in [0.2, 0.25) is 0 Å². The van der Waals surface area contributed by atoms with E-state index in [0.717, 1.165) is 32.1 Å². The molecule has 5 nitrogen and oxygen atoms in total. The average Bonchev–Trinajstić information content (AvgIpc) is 3.08. The first-order valence-corrected chi connectivity index (χ1v) is 8.81. The zero-order chi connectivity index (χ0) is 19.2. The fraction of sp³-hybridized carbons (Fsp3) is 0.611. The predicted molar refractivity (Wildman–Crippen MR) is 96.5 cm³/mol. The first-order chi connectivity index (χ1) is 12.4. The van der Waals surface area contributed by atoms with E-state index in [0.29, 0.717) is 12.0 Å². The maximum atomic E-state index is 13.3. The van der Waals surface area contributed by atoms with Crippen LogP contribution < -0.4 is 15.4 Å². The van der Waals surface area contributed by atoms with Crippen molar-refractivity contribution in [1.82, 2.24) is 15.5 Å². The number of halogens is 3. The van der Waals surface area contributed by atoms with Gasteiger partial charge in [-0.15, -0.1) is 0 Å². The van der Waals surface area contributed by atoms with E-state index in [1.807, 2.05) is 0 Å². The minimum Gasteiger partial charge on any atom is -0.497 e. The van der Waals surface area contributed by atoms with E-state index in [9.17, 15) is 13.2 Å².